The summed E-state index contributed by atoms with van der Waals surface area (Å²) >= 11 is 5.93. The van der Waals surface area contributed by atoms with E-state index in [0.29, 0.717) is 10.6 Å². The van der Waals surface area contributed by atoms with Crippen LogP contribution in [-0.4, -0.2) is 38.9 Å². The maximum atomic E-state index is 12.4. The van der Waals surface area contributed by atoms with E-state index >= 15 is 0 Å². The van der Waals surface area contributed by atoms with Crippen molar-refractivity contribution in [2.24, 2.45) is 0 Å². The van der Waals surface area contributed by atoms with Gasteiger partial charge in [0.15, 0.2) is 0 Å². The molecule has 0 unspecified atom stereocenters. The van der Waals surface area contributed by atoms with Gasteiger partial charge in [-0.05, 0) is 31.0 Å². The van der Waals surface area contributed by atoms with Gasteiger partial charge in [0.05, 0.1) is 18.4 Å². The summed E-state index contributed by atoms with van der Waals surface area (Å²) in [6, 6.07) is 7.37. The summed E-state index contributed by atoms with van der Waals surface area (Å²) in [5.74, 6) is 0.0411. The van der Waals surface area contributed by atoms with E-state index in [2.05, 4.69) is 10.2 Å². The molecule has 3 rings (SSSR count). The summed E-state index contributed by atoms with van der Waals surface area (Å²) < 4.78 is 0. The second-order valence-electron chi connectivity index (χ2n) is 4.88. The van der Waals surface area contributed by atoms with Crippen LogP contribution in [0.5, 0.6) is 0 Å². The Hall–Kier alpha value is -1.88. The number of carbonyl (C=O) groups is 1. The Kier molecular flexibility index (Phi) is 3.69. The normalized spacial score (nSPS) is 16.4. The van der Waals surface area contributed by atoms with E-state index < -0.39 is 0 Å². The fraction of sp³-hybridized carbons (Fsp3) is 0.357. The largest absolute Gasteiger partial charge is 0.338 e. The van der Waals surface area contributed by atoms with Gasteiger partial charge in [-0.15, -0.1) is 0 Å². The number of aromatic nitrogens is 3. The third-order valence-corrected chi connectivity index (χ3v) is 3.82. The zero-order valence-corrected chi connectivity index (χ0v) is 11.7. The average molecular weight is 291 g/mol. The molecular weight excluding hydrogens is 276 g/mol. The molecule has 0 spiro atoms. The number of carbonyl (C=O) groups excluding carboxylic acids is 1. The Morgan fingerprint density at radius 3 is 2.55 bits per heavy atom. The molecule has 1 aromatic heterocycles. The molecule has 1 fully saturated rings. The van der Waals surface area contributed by atoms with Gasteiger partial charge in [-0.25, -0.2) is 0 Å². The topological polar surface area (TPSA) is 51.0 Å². The zero-order valence-electron chi connectivity index (χ0n) is 10.9. The van der Waals surface area contributed by atoms with E-state index in [-0.39, 0.29) is 11.9 Å². The van der Waals surface area contributed by atoms with Crippen LogP contribution in [0.4, 0.5) is 0 Å². The minimum absolute atomic E-state index is 0.0411. The van der Waals surface area contributed by atoms with Crippen molar-refractivity contribution in [1.82, 2.24) is 19.9 Å². The van der Waals surface area contributed by atoms with Crippen LogP contribution in [0.25, 0.3) is 0 Å². The molecule has 0 aliphatic carbocycles. The van der Waals surface area contributed by atoms with Crippen molar-refractivity contribution in [2.45, 2.75) is 18.9 Å². The van der Waals surface area contributed by atoms with Crippen LogP contribution in [0.1, 0.15) is 29.2 Å². The van der Waals surface area contributed by atoms with Crippen LogP contribution in [0.3, 0.4) is 0 Å². The minimum atomic E-state index is 0.0411. The monoisotopic (exact) mass is 290 g/mol. The van der Waals surface area contributed by atoms with E-state index in [4.69, 9.17) is 11.6 Å². The lowest BCUT2D eigenvalue weighted by atomic mass is 10.0. The molecule has 0 atom stereocenters. The molecule has 2 heterocycles. The SMILES string of the molecule is O=C(c1cccc(Cl)c1)N1CCC(n2nccn2)CC1. The van der Waals surface area contributed by atoms with Crippen LogP contribution in [-0.2, 0) is 0 Å². The van der Waals surface area contributed by atoms with Crippen molar-refractivity contribution < 1.29 is 4.79 Å². The quantitative estimate of drug-likeness (QED) is 0.853. The molecule has 1 aliphatic rings. The van der Waals surface area contributed by atoms with Crippen LogP contribution in [0.2, 0.25) is 5.02 Å². The van der Waals surface area contributed by atoms with E-state index in [9.17, 15) is 4.79 Å². The lowest BCUT2D eigenvalue weighted by Crippen LogP contribution is -2.39. The van der Waals surface area contributed by atoms with Crippen molar-refractivity contribution in [3.8, 4) is 0 Å². The first-order chi connectivity index (χ1) is 9.74. The second kappa shape index (κ2) is 5.63. The van der Waals surface area contributed by atoms with E-state index in [1.165, 1.54) is 0 Å². The third-order valence-electron chi connectivity index (χ3n) is 3.59. The molecule has 1 amide bonds. The Labute approximate surface area is 122 Å². The Morgan fingerprint density at radius 2 is 1.90 bits per heavy atom. The summed E-state index contributed by atoms with van der Waals surface area (Å²) in [6.45, 7) is 1.44. The maximum absolute atomic E-state index is 12.4. The summed E-state index contributed by atoms with van der Waals surface area (Å²) in [5, 5.41) is 8.92. The fourth-order valence-corrected chi connectivity index (χ4v) is 2.71. The number of likely N-dealkylation sites (tertiary alicyclic amines) is 1. The number of halogens is 1. The highest BCUT2D eigenvalue weighted by molar-refractivity contribution is 6.30. The lowest BCUT2D eigenvalue weighted by Gasteiger charge is -2.31. The maximum Gasteiger partial charge on any atom is 0.253 e. The molecule has 1 aliphatic heterocycles. The van der Waals surface area contributed by atoms with Gasteiger partial charge in [-0.1, -0.05) is 17.7 Å². The predicted molar refractivity (Wildman–Crippen MR) is 75.6 cm³/mol. The molecular formula is C14H15ClN4O. The Bertz CT molecular complexity index is 591. The first-order valence-corrected chi connectivity index (χ1v) is 7.02. The summed E-state index contributed by atoms with van der Waals surface area (Å²) in [7, 11) is 0. The van der Waals surface area contributed by atoms with Gasteiger partial charge in [0, 0.05) is 23.7 Å². The van der Waals surface area contributed by atoms with E-state index in [1.807, 2.05) is 4.90 Å². The Balaban J connectivity index is 1.65. The third kappa shape index (κ3) is 2.67. The van der Waals surface area contributed by atoms with Gasteiger partial charge < -0.3 is 4.90 Å². The zero-order chi connectivity index (χ0) is 13.9. The standard InChI is InChI=1S/C14H15ClN4O/c15-12-3-1-2-11(10-12)14(20)18-8-4-13(5-9-18)19-16-6-7-17-19/h1-3,6-7,10,13H,4-5,8-9H2. The number of hydrogen-bond donors (Lipinski definition) is 0. The molecule has 5 nitrogen and oxygen atoms in total. The summed E-state index contributed by atoms with van der Waals surface area (Å²) in [6.07, 6.45) is 5.12. The van der Waals surface area contributed by atoms with Gasteiger partial charge >= 0.3 is 0 Å². The molecule has 104 valence electrons. The molecule has 20 heavy (non-hydrogen) atoms. The first kappa shape index (κ1) is 13.1. The smallest absolute Gasteiger partial charge is 0.253 e. The highest BCUT2D eigenvalue weighted by Crippen LogP contribution is 2.22. The lowest BCUT2D eigenvalue weighted by molar-refractivity contribution is 0.0684. The predicted octanol–water partition coefficient (Wildman–Crippen LogP) is 2.41. The number of nitrogens with zero attached hydrogens (tertiary/aromatic N) is 4. The van der Waals surface area contributed by atoms with Crippen molar-refractivity contribution in [3.05, 3.63) is 47.2 Å². The number of rotatable bonds is 2. The highest BCUT2D eigenvalue weighted by atomic mass is 35.5. The van der Waals surface area contributed by atoms with Gasteiger partial charge in [0.25, 0.3) is 5.91 Å². The van der Waals surface area contributed by atoms with Gasteiger partial charge in [0.1, 0.15) is 0 Å². The summed E-state index contributed by atoms with van der Waals surface area (Å²) in [5.41, 5.74) is 0.646. The van der Waals surface area contributed by atoms with Crippen molar-refractivity contribution >= 4 is 17.5 Å². The van der Waals surface area contributed by atoms with Crippen LogP contribution < -0.4 is 0 Å². The molecule has 0 saturated carbocycles. The number of hydrogen-bond acceptors (Lipinski definition) is 3. The van der Waals surface area contributed by atoms with Crippen LogP contribution in [0, 0.1) is 0 Å². The average Bonchev–Trinajstić information content (AvgIpc) is 3.01. The van der Waals surface area contributed by atoms with Crippen LogP contribution in [0.15, 0.2) is 36.7 Å². The first-order valence-electron chi connectivity index (χ1n) is 6.64. The molecule has 1 saturated heterocycles. The van der Waals surface area contributed by atoms with Crippen molar-refractivity contribution in [2.75, 3.05) is 13.1 Å². The molecule has 2 aromatic rings. The number of benzene rings is 1. The van der Waals surface area contributed by atoms with Gasteiger partial charge in [-0.3, -0.25) is 4.79 Å². The Morgan fingerprint density at radius 1 is 1.20 bits per heavy atom. The fourth-order valence-electron chi connectivity index (χ4n) is 2.52. The molecule has 0 bridgehead atoms. The highest BCUT2D eigenvalue weighted by Gasteiger charge is 2.25. The molecule has 1 aromatic carbocycles. The summed E-state index contributed by atoms with van der Waals surface area (Å²) in [4.78, 5) is 16.0. The minimum Gasteiger partial charge on any atom is -0.338 e. The van der Waals surface area contributed by atoms with Crippen molar-refractivity contribution in [1.29, 1.82) is 0 Å². The number of amides is 1. The molecule has 0 radical (unpaired) electrons. The van der Waals surface area contributed by atoms with E-state index in [1.54, 1.807) is 41.5 Å². The second-order valence-corrected chi connectivity index (χ2v) is 5.32. The van der Waals surface area contributed by atoms with Crippen molar-refractivity contribution in [3.63, 3.8) is 0 Å². The van der Waals surface area contributed by atoms with Crippen LogP contribution >= 0.6 is 11.6 Å². The van der Waals surface area contributed by atoms with Gasteiger partial charge in [0.2, 0.25) is 0 Å². The number of piperidine rings is 1. The van der Waals surface area contributed by atoms with Gasteiger partial charge in [-0.2, -0.15) is 15.0 Å². The molecule has 0 N–H and O–H groups in total. The molecule has 6 heteroatoms. The van der Waals surface area contributed by atoms with E-state index in [0.717, 1.165) is 25.9 Å².